The van der Waals surface area contributed by atoms with E-state index in [1.807, 2.05) is 13.2 Å². The molecule has 1 aliphatic rings. The van der Waals surface area contributed by atoms with Crippen LogP contribution in [0.4, 0.5) is 13.2 Å². The van der Waals surface area contributed by atoms with Crippen molar-refractivity contribution in [1.82, 2.24) is 24.2 Å². The van der Waals surface area contributed by atoms with Gasteiger partial charge >= 0.3 is 11.9 Å². The van der Waals surface area contributed by atoms with Crippen molar-refractivity contribution in [3.63, 3.8) is 0 Å². The van der Waals surface area contributed by atoms with Gasteiger partial charge in [-0.1, -0.05) is 0 Å². The molecular weight excluding hydrogens is 387 g/mol. The fraction of sp³-hybridized carbons (Fsp3) is 0.421. The number of amides is 1. The third-order valence-electron chi connectivity index (χ3n) is 5.23. The molecule has 1 saturated heterocycles. The maximum atomic E-state index is 13.2. The molecule has 154 valence electrons. The van der Waals surface area contributed by atoms with Gasteiger partial charge in [-0.05, 0) is 37.5 Å². The van der Waals surface area contributed by atoms with E-state index in [0.717, 1.165) is 24.8 Å². The molecule has 3 aromatic rings. The molecule has 0 radical (unpaired) electrons. The molecule has 3 heterocycles. The molecular formula is C19H20F3N5O2. The number of hydrogen-bond donors (Lipinski definition) is 1. The van der Waals surface area contributed by atoms with Crippen molar-refractivity contribution in [3.05, 3.63) is 52.2 Å². The number of piperidine rings is 1. The van der Waals surface area contributed by atoms with Crippen LogP contribution >= 0.6 is 0 Å². The number of halogens is 3. The highest BCUT2D eigenvalue weighted by atomic mass is 19.4. The van der Waals surface area contributed by atoms with Gasteiger partial charge in [-0.2, -0.15) is 18.3 Å². The van der Waals surface area contributed by atoms with E-state index in [2.05, 4.69) is 10.1 Å². The summed E-state index contributed by atoms with van der Waals surface area (Å²) in [5.41, 5.74) is 0.750. The molecule has 1 aliphatic heterocycles. The van der Waals surface area contributed by atoms with Crippen molar-refractivity contribution in [2.24, 2.45) is 7.05 Å². The van der Waals surface area contributed by atoms with Gasteiger partial charge in [-0.25, -0.2) is 4.79 Å². The minimum Gasteiger partial charge on any atom is -0.331 e. The van der Waals surface area contributed by atoms with E-state index in [1.54, 1.807) is 15.8 Å². The summed E-state index contributed by atoms with van der Waals surface area (Å²) in [6.07, 6.45) is 1.80. The van der Waals surface area contributed by atoms with E-state index in [1.165, 1.54) is 18.2 Å². The van der Waals surface area contributed by atoms with Crippen LogP contribution in [0.3, 0.4) is 0 Å². The number of aromatic amines is 1. The van der Waals surface area contributed by atoms with Crippen molar-refractivity contribution in [2.75, 3.05) is 6.54 Å². The molecule has 1 aromatic carbocycles. The molecule has 1 N–H and O–H groups in total. The van der Waals surface area contributed by atoms with E-state index in [-0.39, 0.29) is 23.0 Å². The number of imidazole rings is 1. The summed E-state index contributed by atoms with van der Waals surface area (Å²) in [5.74, 6) is -0.218. The number of H-pyrrole nitrogens is 1. The molecule has 1 amide bonds. The lowest BCUT2D eigenvalue weighted by molar-refractivity contribution is -0.140. The predicted molar refractivity (Wildman–Crippen MR) is 99.5 cm³/mol. The van der Waals surface area contributed by atoms with Gasteiger partial charge in [0, 0.05) is 30.9 Å². The second kappa shape index (κ2) is 7.09. The number of likely N-dealkylation sites (tertiary alicyclic amines) is 1. The normalized spacial score (nSPS) is 17.8. The Morgan fingerprint density at radius 3 is 2.79 bits per heavy atom. The molecule has 1 atom stereocenters. The van der Waals surface area contributed by atoms with Crippen LogP contribution in [0.25, 0.3) is 11.0 Å². The molecule has 0 saturated carbocycles. The van der Waals surface area contributed by atoms with Crippen LogP contribution in [-0.4, -0.2) is 42.9 Å². The van der Waals surface area contributed by atoms with Crippen molar-refractivity contribution in [3.8, 4) is 0 Å². The average molecular weight is 407 g/mol. The van der Waals surface area contributed by atoms with Crippen LogP contribution < -0.4 is 5.69 Å². The Labute approximate surface area is 163 Å². The highest BCUT2D eigenvalue weighted by Crippen LogP contribution is 2.32. The fourth-order valence-corrected chi connectivity index (χ4v) is 3.93. The number of nitrogens with zero attached hydrogens (tertiary/aromatic N) is 4. The second-order valence-electron chi connectivity index (χ2n) is 7.32. The number of carbonyl (C=O) groups is 1. The van der Waals surface area contributed by atoms with E-state index >= 15 is 0 Å². The Morgan fingerprint density at radius 1 is 1.31 bits per heavy atom. The first-order valence-corrected chi connectivity index (χ1v) is 9.32. The molecule has 0 aliphatic carbocycles. The Kier molecular flexibility index (Phi) is 4.71. The molecule has 1 unspecified atom stereocenters. The number of aromatic nitrogens is 4. The van der Waals surface area contributed by atoms with E-state index in [4.69, 9.17) is 0 Å². The minimum absolute atomic E-state index is 0.102. The summed E-state index contributed by atoms with van der Waals surface area (Å²) in [6, 6.07) is 4.20. The Hall–Kier alpha value is -3.04. The summed E-state index contributed by atoms with van der Waals surface area (Å²) in [7, 11) is 1.81. The lowest BCUT2D eigenvalue weighted by Gasteiger charge is -2.35. The van der Waals surface area contributed by atoms with Gasteiger partial charge in [-0.3, -0.25) is 14.0 Å². The Morgan fingerprint density at radius 2 is 2.10 bits per heavy atom. The summed E-state index contributed by atoms with van der Waals surface area (Å²) in [4.78, 5) is 29.3. The lowest BCUT2D eigenvalue weighted by atomic mass is 9.96. The number of rotatable bonds is 3. The zero-order chi connectivity index (χ0) is 20.8. The third kappa shape index (κ3) is 3.79. The first-order chi connectivity index (χ1) is 13.7. The van der Waals surface area contributed by atoms with Crippen LogP contribution in [0, 0.1) is 0 Å². The predicted octanol–water partition coefficient (Wildman–Crippen LogP) is 2.99. The minimum atomic E-state index is -4.52. The summed E-state index contributed by atoms with van der Waals surface area (Å²) < 4.78 is 40.5. The highest BCUT2D eigenvalue weighted by Gasteiger charge is 2.31. The van der Waals surface area contributed by atoms with Crippen molar-refractivity contribution in [1.29, 1.82) is 0 Å². The third-order valence-corrected chi connectivity index (χ3v) is 5.23. The van der Waals surface area contributed by atoms with Gasteiger partial charge < -0.3 is 9.88 Å². The van der Waals surface area contributed by atoms with E-state index in [9.17, 15) is 22.8 Å². The summed E-state index contributed by atoms with van der Waals surface area (Å²) in [5, 5.41) is 4.19. The van der Waals surface area contributed by atoms with Gasteiger partial charge in [0.25, 0.3) is 5.91 Å². The quantitative estimate of drug-likeness (QED) is 0.725. The van der Waals surface area contributed by atoms with Crippen molar-refractivity contribution < 1.29 is 18.0 Å². The van der Waals surface area contributed by atoms with Crippen LogP contribution in [-0.2, 0) is 13.6 Å². The molecule has 1 fully saturated rings. The lowest BCUT2D eigenvalue weighted by Crippen LogP contribution is -2.38. The number of fused-ring (bicyclic) bond motifs is 1. The average Bonchev–Trinajstić information content (AvgIpc) is 3.23. The number of nitrogens with one attached hydrogen (secondary N) is 1. The molecule has 4 rings (SSSR count). The topological polar surface area (TPSA) is 75.9 Å². The Balaban J connectivity index is 1.66. The number of carbonyl (C=O) groups excluding carboxylic acids is 1. The zero-order valence-corrected chi connectivity index (χ0v) is 15.7. The molecule has 0 spiro atoms. The van der Waals surface area contributed by atoms with Crippen LogP contribution in [0.15, 0.2) is 35.4 Å². The van der Waals surface area contributed by atoms with E-state index in [0.29, 0.717) is 16.7 Å². The molecule has 7 nitrogen and oxygen atoms in total. The standard InChI is InChI=1S/C19H20F3N5O2/c1-25-10-13(9-23-25)15-4-2-3-7-26(15)17(28)12-5-6-16-14(8-12)24-18(29)27(16)11-19(20,21)22/h5-6,8-10,15H,2-4,7,11H2,1H3,(H,24,29). The van der Waals surface area contributed by atoms with Crippen LogP contribution in [0.2, 0.25) is 0 Å². The smallest absolute Gasteiger partial charge is 0.331 e. The maximum absolute atomic E-state index is 13.2. The largest absolute Gasteiger partial charge is 0.406 e. The van der Waals surface area contributed by atoms with Crippen molar-refractivity contribution in [2.45, 2.75) is 38.0 Å². The SMILES string of the molecule is Cn1cc(C2CCCCN2C(=O)c2ccc3c(c2)[nH]c(=O)n3CC(F)(F)F)cn1. The first kappa shape index (κ1) is 19.3. The number of benzene rings is 1. The number of aryl methyl sites for hydroxylation is 1. The van der Waals surface area contributed by atoms with Gasteiger partial charge in [0.1, 0.15) is 6.54 Å². The first-order valence-electron chi connectivity index (χ1n) is 9.32. The molecule has 2 aromatic heterocycles. The fourth-order valence-electron chi connectivity index (χ4n) is 3.93. The summed E-state index contributed by atoms with van der Waals surface area (Å²) in [6.45, 7) is -0.795. The second-order valence-corrected chi connectivity index (χ2v) is 7.32. The Bertz CT molecular complexity index is 1110. The molecule has 0 bridgehead atoms. The van der Waals surface area contributed by atoms with Crippen LogP contribution in [0.1, 0.15) is 41.2 Å². The van der Waals surface area contributed by atoms with E-state index < -0.39 is 18.4 Å². The molecule has 29 heavy (non-hydrogen) atoms. The molecule has 10 heteroatoms. The van der Waals surface area contributed by atoms with Gasteiger partial charge in [0.2, 0.25) is 0 Å². The highest BCUT2D eigenvalue weighted by molar-refractivity contribution is 5.97. The van der Waals surface area contributed by atoms with Gasteiger partial charge in [0.15, 0.2) is 0 Å². The van der Waals surface area contributed by atoms with Crippen molar-refractivity contribution >= 4 is 16.9 Å². The van der Waals surface area contributed by atoms with Gasteiger partial charge in [0.05, 0.1) is 23.3 Å². The maximum Gasteiger partial charge on any atom is 0.406 e. The number of hydrogen-bond acceptors (Lipinski definition) is 3. The number of alkyl halides is 3. The monoisotopic (exact) mass is 407 g/mol. The van der Waals surface area contributed by atoms with Gasteiger partial charge in [-0.15, -0.1) is 0 Å². The van der Waals surface area contributed by atoms with Crippen LogP contribution in [0.5, 0.6) is 0 Å². The zero-order valence-electron chi connectivity index (χ0n) is 15.7. The summed E-state index contributed by atoms with van der Waals surface area (Å²) >= 11 is 0.